The number of aryl methyl sites for hydroxylation is 2. The van der Waals surface area contributed by atoms with E-state index in [2.05, 4.69) is 4.98 Å². The third kappa shape index (κ3) is 2.52. The van der Waals surface area contributed by atoms with Gasteiger partial charge in [-0.3, -0.25) is 13.9 Å². The number of carboxylic acid groups (broad SMARTS) is 1. The van der Waals surface area contributed by atoms with E-state index < -0.39 is 17.2 Å². The van der Waals surface area contributed by atoms with Crippen LogP contribution in [-0.2, 0) is 13.1 Å². The van der Waals surface area contributed by atoms with Gasteiger partial charge in [-0.25, -0.2) is 14.6 Å². The van der Waals surface area contributed by atoms with Gasteiger partial charge in [0, 0.05) is 18.7 Å². The third-order valence-corrected chi connectivity index (χ3v) is 4.44. The number of hydrogen-bond donors (Lipinski definition) is 1. The van der Waals surface area contributed by atoms with Gasteiger partial charge < -0.3 is 5.11 Å². The summed E-state index contributed by atoms with van der Waals surface area (Å²) in [6, 6.07) is 8.86. The lowest BCUT2D eigenvalue weighted by Crippen LogP contribution is -2.40. The van der Waals surface area contributed by atoms with E-state index in [0.717, 1.165) is 4.57 Å². The number of hydrogen-bond acceptors (Lipinski definition) is 4. The van der Waals surface area contributed by atoms with Crippen LogP contribution in [0.2, 0.25) is 0 Å². The van der Waals surface area contributed by atoms with Gasteiger partial charge in [0.25, 0.3) is 5.56 Å². The van der Waals surface area contributed by atoms with E-state index in [1.54, 1.807) is 45.0 Å². The second kappa shape index (κ2) is 6.59. The van der Waals surface area contributed by atoms with Crippen molar-refractivity contribution in [3.05, 3.63) is 62.4 Å². The number of pyridine rings is 1. The minimum Gasteiger partial charge on any atom is -0.478 e. The van der Waals surface area contributed by atoms with Crippen molar-refractivity contribution in [1.82, 2.24) is 14.1 Å². The van der Waals surface area contributed by atoms with Crippen molar-refractivity contribution < 1.29 is 9.90 Å². The maximum absolute atomic E-state index is 13.0. The SMILES string of the molecule is CCn1c(=O)c2c(-c3ccccc3)c(C(=O)O)c(C)nc2n(CC)c1=O. The molecule has 0 saturated carbocycles. The highest BCUT2D eigenvalue weighted by Gasteiger charge is 2.24. The second-order valence-electron chi connectivity index (χ2n) is 5.89. The molecule has 0 amide bonds. The van der Waals surface area contributed by atoms with E-state index in [9.17, 15) is 19.5 Å². The fourth-order valence-electron chi connectivity index (χ4n) is 3.26. The van der Waals surface area contributed by atoms with Gasteiger partial charge in [0.05, 0.1) is 16.6 Å². The molecule has 7 nitrogen and oxygen atoms in total. The normalized spacial score (nSPS) is 11.0. The Kier molecular flexibility index (Phi) is 4.46. The molecule has 3 rings (SSSR count). The molecule has 0 fully saturated rings. The van der Waals surface area contributed by atoms with Crippen molar-refractivity contribution in [1.29, 1.82) is 0 Å². The smallest absolute Gasteiger partial charge is 0.338 e. The molecule has 2 heterocycles. The van der Waals surface area contributed by atoms with E-state index in [0.29, 0.717) is 17.7 Å². The summed E-state index contributed by atoms with van der Waals surface area (Å²) in [5.41, 5.74) is 0.390. The molecule has 1 aromatic carbocycles. The molecule has 0 bridgehead atoms. The predicted octanol–water partition coefficient (Wildman–Crippen LogP) is 2.27. The molecule has 2 aromatic heterocycles. The quantitative estimate of drug-likeness (QED) is 0.776. The fourth-order valence-corrected chi connectivity index (χ4v) is 3.26. The summed E-state index contributed by atoms with van der Waals surface area (Å²) in [4.78, 5) is 41.9. The van der Waals surface area contributed by atoms with Crippen LogP contribution in [-0.4, -0.2) is 25.2 Å². The Hall–Kier alpha value is -3.22. The molecule has 0 aliphatic rings. The summed E-state index contributed by atoms with van der Waals surface area (Å²) in [6.45, 7) is 5.58. The number of fused-ring (bicyclic) bond motifs is 1. The largest absolute Gasteiger partial charge is 0.478 e. The average molecular weight is 353 g/mol. The van der Waals surface area contributed by atoms with E-state index in [-0.39, 0.29) is 28.8 Å². The van der Waals surface area contributed by atoms with Crippen molar-refractivity contribution in [2.45, 2.75) is 33.9 Å². The molecule has 0 aliphatic heterocycles. The number of carbonyl (C=O) groups is 1. The van der Waals surface area contributed by atoms with Crippen LogP contribution < -0.4 is 11.2 Å². The first-order valence-electron chi connectivity index (χ1n) is 8.38. The predicted molar refractivity (Wildman–Crippen MR) is 98.7 cm³/mol. The third-order valence-electron chi connectivity index (χ3n) is 4.44. The van der Waals surface area contributed by atoms with Gasteiger partial charge in [0.1, 0.15) is 5.65 Å². The zero-order valence-corrected chi connectivity index (χ0v) is 14.8. The summed E-state index contributed by atoms with van der Waals surface area (Å²) < 4.78 is 2.52. The highest BCUT2D eigenvalue weighted by atomic mass is 16.4. The number of benzene rings is 1. The van der Waals surface area contributed by atoms with Crippen LogP contribution in [0.25, 0.3) is 22.2 Å². The topological polar surface area (TPSA) is 94.2 Å². The van der Waals surface area contributed by atoms with E-state index in [4.69, 9.17) is 0 Å². The Morgan fingerprint density at radius 3 is 2.23 bits per heavy atom. The summed E-state index contributed by atoms with van der Waals surface area (Å²) >= 11 is 0. The number of rotatable bonds is 4. The van der Waals surface area contributed by atoms with Gasteiger partial charge in [0.15, 0.2) is 0 Å². The summed E-state index contributed by atoms with van der Waals surface area (Å²) in [7, 11) is 0. The van der Waals surface area contributed by atoms with Crippen LogP contribution in [0.3, 0.4) is 0 Å². The van der Waals surface area contributed by atoms with Gasteiger partial charge in [-0.1, -0.05) is 30.3 Å². The summed E-state index contributed by atoms with van der Waals surface area (Å²) in [5, 5.41) is 9.90. The van der Waals surface area contributed by atoms with Crippen molar-refractivity contribution in [3.8, 4) is 11.1 Å². The first-order valence-corrected chi connectivity index (χ1v) is 8.38. The first kappa shape index (κ1) is 17.6. The molecular weight excluding hydrogens is 334 g/mol. The molecular formula is C19H19N3O4. The van der Waals surface area contributed by atoms with Gasteiger partial charge in [-0.2, -0.15) is 0 Å². The first-order chi connectivity index (χ1) is 12.4. The van der Waals surface area contributed by atoms with Crippen LogP contribution in [0.1, 0.15) is 29.9 Å². The molecule has 0 unspecified atom stereocenters. The molecule has 0 radical (unpaired) electrons. The maximum Gasteiger partial charge on any atom is 0.338 e. The lowest BCUT2D eigenvalue weighted by atomic mass is 9.96. The lowest BCUT2D eigenvalue weighted by Gasteiger charge is -2.17. The van der Waals surface area contributed by atoms with Gasteiger partial charge in [0.2, 0.25) is 0 Å². The van der Waals surface area contributed by atoms with Crippen molar-refractivity contribution >= 4 is 17.0 Å². The molecule has 0 aliphatic carbocycles. The molecule has 0 atom stereocenters. The van der Waals surface area contributed by atoms with Crippen LogP contribution in [0.4, 0.5) is 0 Å². The Balaban J connectivity index is 2.70. The van der Waals surface area contributed by atoms with E-state index >= 15 is 0 Å². The summed E-state index contributed by atoms with van der Waals surface area (Å²) in [6.07, 6.45) is 0. The zero-order valence-electron chi connectivity index (χ0n) is 14.8. The van der Waals surface area contributed by atoms with Crippen molar-refractivity contribution in [2.75, 3.05) is 0 Å². The monoisotopic (exact) mass is 353 g/mol. The molecule has 0 saturated heterocycles. The molecule has 26 heavy (non-hydrogen) atoms. The molecule has 3 aromatic rings. The minimum atomic E-state index is -1.16. The molecule has 0 spiro atoms. The van der Waals surface area contributed by atoms with Crippen LogP contribution in [0, 0.1) is 6.92 Å². The van der Waals surface area contributed by atoms with Crippen LogP contribution in [0.15, 0.2) is 39.9 Å². The zero-order chi connectivity index (χ0) is 19.0. The number of nitrogens with zero attached hydrogens (tertiary/aromatic N) is 3. The molecule has 1 N–H and O–H groups in total. The Labute approximate surface area is 149 Å². The standard InChI is InChI=1S/C19H19N3O4/c1-4-21-16-15(17(23)22(5-2)19(21)26)14(12-9-7-6-8-10-12)13(18(24)25)11(3)20-16/h6-10H,4-5H2,1-3H3,(H,24,25). The number of aromatic nitrogens is 3. The van der Waals surface area contributed by atoms with Gasteiger partial charge in [-0.05, 0) is 26.3 Å². The van der Waals surface area contributed by atoms with Gasteiger partial charge in [-0.15, -0.1) is 0 Å². The Morgan fingerprint density at radius 2 is 1.69 bits per heavy atom. The highest BCUT2D eigenvalue weighted by Crippen LogP contribution is 2.30. The molecule has 7 heteroatoms. The fraction of sp³-hybridized carbons (Fsp3) is 0.263. The average Bonchev–Trinajstić information content (AvgIpc) is 2.62. The lowest BCUT2D eigenvalue weighted by molar-refractivity contribution is 0.0696. The second-order valence-corrected chi connectivity index (χ2v) is 5.89. The van der Waals surface area contributed by atoms with E-state index in [1.807, 2.05) is 6.07 Å². The van der Waals surface area contributed by atoms with Crippen LogP contribution >= 0.6 is 0 Å². The van der Waals surface area contributed by atoms with Crippen molar-refractivity contribution in [2.24, 2.45) is 0 Å². The number of carboxylic acids is 1. The Morgan fingerprint density at radius 1 is 1.08 bits per heavy atom. The maximum atomic E-state index is 13.0. The van der Waals surface area contributed by atoms with Crippen molar-refractivity contribution in [3.63, 3.8) is 0 Å². The number of aromatic carboxylic acids is 1. The van der Waals surface area contributed by atoms with Crippen LogP contribution in [0.5, 0.6) is 0 Å². The summed E-state index contributed by atoms with van der Waals surface area (Å²) in [5.74, 6) is -1.16. The van der Waals surface area contributed by atoms with Gasteiger partial charge >= 0.3 is 11.7 Å². The van der Waals surface area contributed by atoms with E-state index in [1.165, 1.54) is 4.57 Å². The minimum absolute atomic E-state index is 0.0234. The highest BCUT2D eigenvalue weighted by molar-refractivity contribution is 6.06. The Bertz CT molecular complexity index is 1130. The molecule has 134 valence electrons.